The third-order valence-electron chi connectivity index (χ3n) is 6.02. The van der Waals surface area contributed by atoms with Crippen molar-refractivity contribution in [2.75, 3.05) is 31.1 Å². The number of amides is 2. The highest BCUT2D eigenvalue weighted by Crippen LogP contribution is 2.46. The van der Waals surface area contributed by atoms with Crippen molar-refractivity contribution >= 4 is 29.3 Å². The Balaban J connectivity index is 2.10. The highest BCUT2D eigenvalue weighted by atomic mass is 16.5. The van der Waals surface area contributed by atoms with Crippen molar-refractivity contribution in [2.24, 2.45) is 5.73 Å². The molecule has 0 saturated carbocycles. The van der Waals surface area contributed by atoms with E-state index in [-0.39, 0.29) is 35.2 Å². The third-order valence-corrected chi connectivity index (χ3v) is 6.02. The van der Waals surface area contributed by atoms with E-state index in [0.717, 1.165) is 5.56 Å². The van der Waals surface area contributed by atoms with Crippen molar-refractivity contribution in [3.05, 3.63) is 82.3 Å². The van der Waals surface area contributed by atoms with Crippen LogP contribution in [0, 0.1) is 11.3 Å². The average Bonchev–Trinajstić information content (AvgIpc) is 2.89. The van der Waals surface area contributed by atoms with Crippen LogP contribution in [0.1, 0.15) is 17.0 Å². The Bertz CT molecular complexity index is 1330. The van der Waals surface area contributed by atoms with Gasteiger partial charge in [-0.2, -0.15) is 5.26 Å². The molecule has 178 valence electrons. The molecule has 2 aromatic carbocycles. The van der Waals surface area contributed by atoms with Gasteiger partial charge in [-0.15, -0.1) is 0 Å². The number of esters is 2. The number of anilines is 2. The summed E-state index contributed by atoms with van der Waals surface area (Å²) in [6, 6.07) is 15.7. The predicted octanol–water partition coefficient (Wildman–Crippen LogP) is 2.24. The number of para-hydroxylation sites is 1. The smallest absolute Gasteiger partial charge is 0.355 e. The SMILES string of the molecule is COC(=O)C1=C(C(=O)OC)N(c2cccc3c2N(C)C(=O)NC3)C(N)=C(C#N)C1c1ccccc1. The lowest BCUT2D eigenvalue weighted by atomic mass is 9.80. The van der Waals surface area contributed by atoms with Crippen molar-refractivity contribution in [2.45, 2.75) is 12.5 Å². The normalized spacial score (nSPS) is 17.4. The molecule has 1 atom stereocenters. The number of nitrogens with zero attached hydrogens (tertiary/aromatic N) is 3. The van der Waals surface area contributed by atoms with Crippen molar-refractivity contribution in [3.8, 4) is 6.07 Å². The molecular formula is C25H23N5O5. The van der Waals surface area contributed by atoms with Gasteiger partial charge in [-0.05, 0) is 17.2 Å². The predicted molar refractivity (Wildman–Crippen MR) is 127 cm³/mol. The second-order valence-corrected chi connectivity index (χ2v) is 7.84. The topological polar surface area (TPSA) is 138 Å². The molecule has 0 aliphatic carbocycles. The molecule has 0 bridgehead atoms. The fourth-order valence-electron chi connectivity index (χ4n) is 4.44. The summed E-state index contributed by atoms with van der Waals surface area (Å²) in [6.45, 7) is 0.253. The molecule has 2 aliphatic rings. The molecule has 0 spiro atoms. The maximum Gasteiger partial charge on any atom is 0.355 e. The summed E-state index contributed by atoms with van der Waals surface area (Å²) in [5, 5.41) is 12.9. The first-order valence-corrected chi connectivity index (χ1v) is 10.6. The molecule has 0 fully saturated rings. The summed E-state index contributed by atoms with van der Waals surface area (Å²) in [6.07, 6.45) is 0. The van der Waals surface area contributed by atoms with Gasteiger partial charge in [0, 0.05) is 13.6 Å². The van der Waals surface area contributed by atoms with E-state index in [2.05, 4.69) is 11.4 Å². The van der Waals surface area contributed by atoms with E-state index >= 15 is 0 Å². The average molecular weight is 473 g/mol. The van der Waals surface area contributed by atoms with E-state index < -0.39 is 17.9 Å². The second kappa shape index (κ2) is 9.23. The number of urea groups is 1. The Morgan fingerprint density at radius 3 is 2.40 bits per heavy atom. The molecule has 0 aromatic heterocycles. The van der Waals surface area contributed by atoms with Crippen LogP contribution in [0.3, 0.4) is 0 Å². The minimum Gasteiger partial charge on any atom is -0.466 e. The molecule has 2 heterocycles. The molecule has 0 radical (unpaired) electrons. The van der Waals surface area contributed by atoms with Gasteiger partial charge >= 0.3 is 18.0 Å². The lowest BCUT2D eigenvalue weighted by Gasteiger charge is -2.38. The zero-order valence-electron chi connectivity index (χ0n) is 19.4. The molecule has 1 unspecified atom stereocenters. The number of rotatable bonds is 4. The fourth-order valence-corrected chi connectivity index (χ4v) is 4.44. The number of allylic oxidation sites excluding steroid dienone is 1. The van der Waals surface area contributed by atoms with Gasteiger partial charge in [-0.3, -0.25) is 9.80 Å². The standard InChI is InChI=1S/C25H23N5O5/c1-29-20-15(13-28-25(29)33)10-7-11-17(20)30-21(24(32)35-3)19(23(31)34-2)18(16(12-26)22(30)27)14-8-5-4-6-9-14/h4-11,18H,13,27H2,1-3H3,(H,28,33). The van der Waals surface area contributed by atoms with Crippen LogP contribution >= 0.6 is 0 Å². The third kappa shape index (κ3) is 3.73. The summed E-state index contributed by atoms with van der Waals surface area (Å²) in [5.74, 6) is -2.71. The largest absolute Gasteiger partial charge is 0.466 e. The van der Waals surface area contributed by atoms with Gasteiger partial charge in [-0.1, -0.05) is 42.5 Å². The molecule has 0 saturated heterocycles. The van der Waals surface area contributed by atoms with Crippen LogP contribution in [0.4, 0.5) is 16.2 Å². The van der Waals surface area contributed by atoms with Gasteiger partial charge in [0.1, 0.15) is 11.5 Å². The minimum atomic E-state index is -0.973. The number of nitrogens with one attached hydrogen (secondary N) is 1. The summed E-state index contributed by atoms with van der Waals surface area (Å²) in [4.78, 5) is 41.5. The van der Waals surface area contributed by atoms with Crippen LogP contribution in [-0.2, 0) is 25.6 Å². The van der Waals surface area contributed by atoms with E-state index in [1.807, 2.05) is 6.07 Å². The van der Waals surface area contributed by atoms with Crippen LogP contribution in [0.25, 0.3) is 0 Å². The maximum absolute atomic E-state index is 13.2. The molecule has 3 N–H and O–H groups in total. The molecule has 4 rings (SSSR count). The Morgan fingerprint density at radius 1 is 1.09 bits per heavy atom. The first-order chi connectivity index (χ1) is 16.8. The number of ether oxygens (including phenoxy) is 2. The van der Waals surface area contributed by atoms with Gasteiger partial charge in [-0.25, -0.2) is 14.4 Å². The summed E-state index contributed by atoms with van der Waals surface area (Å²) < 4.78 is 10.1. The summed E-state index contributed by atoms with van der Waals surface area (Å²) in [5.41, 5.74) is 8.44. The zero-order valence-corrected chi connectivity index (χ0v) is 19.4. The molecule has 35 heavy (non-hydrogen) atoms. The van der Waals surface area contributed by atoms with Crippen molar-refractivity contribution in [1.29, 1.82) is 5.26 Å². The van der Waals surface area contributed by atoms with E-state index in [1.165, 1.54) is 24.0 Å². The van der Waals surface area contributed by atoms with E-state index in [1.54, 1.807) is 49.5 Å². The first-order valence-electron chi connectivity index (χ1n) is 10.6. The van der Waals surface area contributed by atoms with Gasteiger partial charge in [0.15, 0.2) is 0 Å². The summed E-state index contributed by atoms with van der Waals surface area (Å²) in [7, 11) is 3.94. The quantitative estimate of drug-likeness (QED) is 0.645. The number of carbonyl (C=O) groups excluding carboxylic acids is 3. The Kier molecular flexibility index (Phi) is 6.16. The monoisotopic (exact) mass is 473 g/mol. The van der Waals surface area contributed by atoms with E-state index in [0.29, 0.717) is 16.9 Å². The lowest BCUT2D eigenvalue weighted by Crippen LogP contribution is -2.45. The molecular weight excluding hydrogens is 450 g/mol. The van der Waals surface area contributed by atoms with Crippen molar-refractivity contribution in [1.82, 2.24) is 5.32 Å². The number of carbonyl (C=O) groups is 3. The van der Waals surface area contributed by atoms with Crippen LogP contribution in [0.5, 0.6) is 0 Å². The number of nitrogens with two attached hydrogens (primary N) is 1. The van der Waals surface area contributed by atoms with Gasteiger partial charge in [0.2, 0.25) is 0 Å². The van der Waals surface area contributed by atoms with Crippen molar-refractivity contribution in [3.63, 3.8) is 0 Å². The summed E-state index contributed by atoms with van der Waals surface area (Å²) >= 11 is 0. The van der Waals surface area contributed by atoms with E-state index in [4.69, 9.17) is 15.2 Å². The van der Waals surface area contributed by atoms with Gasteiger partial charge in [0.05, 0.1) is 48.7 Å². The zero-order chi connectivity index (χ0) is 25.3. The van der Waals surface area contributed by atoms with Crippen LogP contribution < -0.4 is 20.9 Å². The number of hydrogen-bond acceptors (Lipinski definition) is 8. The maximum atomic E-state index is 13.2. The number of nitriles is 1. The highest BCUT2D eigenvalue weighted by Gasteiger charge is 2.44. The van der Waals surface area contributed by atoms with E-state index in [9.17, 15) is 19.6 Å². The van der Waals surface area contributed by atoms with Crippen LogP contribution in [0.2, 0.25) is 0 Å². The van der Waals surface area contributed by atoms with Crippen LogP contribution in [-0.4, -0.2) is 39.2 Å². The second-order valence-electron chi connectivity index (χ2n) is 7.84. The molecule has 2 aromatic rings. The number of benzene rings is 2. The van der Waals surface area contributed by atoms with Gasteiger partial charge < -0.3 is 20.5 Å². The Hall–Kier alpha value is -4.78. The highest BCUT2D eigenvalue weighted by molar-refractivity contribution is 6.08. The molecule has 10 nitrogen and oxygen atoms in total. The Labute approximate surface area is 201 Å². The fraction of sp³-hybridized carbons (Fsp3) is 0.200. The van der Waals surface area contributed by atoms with Gasteiger partial charge in [0.25, 0.3) is 0 Å². The minimum absolute atomic E-state index is 0.0461. The van der Waals surface area contributed by atoms with Crippen LogP contribution in [0.15, 0.2) is 71.2 Å². The number of fused-ring (bicyclic) bond motifs is 1. The lowest BCUT2D eigenvalue weighted by molar-refractivity contribution is -0.139. The molecule has 2 amide bonds. The molecule has 2 aliphatic heterocycles. The van der Waals surface area contributed by atoms with Crippen molar-refractivity contribution < 1.29 is 23.9 Å². The number of methoxy groups -OCH3 is 2. The first kappa shape index (κ1) is 23.4. The Morgan fingerprint density at radius 2 is 1.77 bits per heavy atom. The number of hydrogen-bond donors (Lipinski definition) is 2. The molecule has 10 heteroatoms.